The first kappa shape index (κ1) is 17.3. The van der Waals surface area contributed by atoms with Gasteiger partial charge in [-0.05, 0) is 55.7 Å². The van der Waals surface area contributed by atoms with Crippen LogP contribution < -0.4 is 14.8 Å². The van der Waals surface area contributed by atoms with Crippen molar-refractivity contribution < 1.29 is 17.9 Å². The molecule has 1 aliphatic rings. The Bertz CT molecular complexity index is 894. The summed E-state index contributed by atoms with van der Waals surface area (Å²) < 4.78 is 33.5. The van der Waals surface area contributed by atoms with E-state index < -0.39 is 10.0 Å². The summed E-state index contributed by atoms with van der Waals surface area (Å²) in [5, 5.41) is 2.80. The fourth-order valence-electron chi connectivity index (χ4n) is 2.75. The van der Waals surface area contributed by atoms with Crippen molar-refractivity contribution in [3.63, 3.8) is 0 Å². The summed E-state index contributed by atoms with van der Waals surface area (Å²) in [6.07, 6.45) is 1.80. The zero-order valence-electron chi connectivity index (χ0n) is 13.9. The van der Waals surface area contributed by atoms with Gasteiger partial charge < -0.3 is 10.1 Å². The Morgan fingerprint density at radius 2 is 1.96 bits per heavy atom. The SMILES string of the molecule is CCOc1ccccc1NS(=O)(=O)c1ccc2c(c1)CCCC(=O)N2. The monoisotopic (exact) mass is 360 g/mol. The van der Waals surface area contributed by atoms with Crippen LogP contribution in [0.5, 0.6) is 5.75 Å². The number of anilines is 2. The first-order valence-electron chi connectivity index (χ1n) is 8.17. The number of aryl methyl sites for hydroxylation is 1. The third kappa shape index (κ3) is 3.93. The number of hydrogen-bond acceptors (Lipinski definition) is 4. The van der Waals surface area contributed by atoms with Crippen LogP contribution in [0.3, 0.4) is 0 Å². The molecule has 1 heterocycles. The summed E-state index contributed by atoms with van der Waals surface area (Å²) in [6, 6.07) is 11.7. The zero-order chi connectivity index (χ0) is 17.9. The van der Waals surface area contributed by atoms with Crippen molar-refractivity contribution in [2.24, 2.45) is 0 Å². The van der Waals surface area contributed by atoms with Crippen LogP contribution in [0.15, 0.2) is 47.4 Å². The molecule has 0 spiro atoms. The first-order valence-corrected chi connectivity index (χ1v) is 9.65. The van der Waals surface area contributed by atoms with Gasteiger partial charge in [-0.15, -0.1) is 0 Å². The third-order valence-electron chi connectivity index (χ3n) is 3.94. The lowest BCUT2D eigenvalue weighted by Gasteiger charge is -2.14. The summed E-state index contributed by atoms with van der Waals surface area (Å²) in [5.74, 6) is 0.439. The van der Waals surface area contributed by atoms with E-state index in [4.69, 9.17) is 4.74 Å². The second-order valence-electron chi connectivity index (χ2n) is 5.76. The number of nitrogens with one attached hydrogen (secondary N) is 2. The molecule has 0 bridgehead atoms. The highest BCUT2D eigenvalue weighted by atomic mass is 32.2. The Morgan fingerprint density at radius 1 is 1.16 bits per heavy atom. The highest BCUT2D eigenvalue weighted by Gasteiger charge is 2.20. The molecule has 0 aromatic heterocycles. The van der Waals surface area contributed by atoms with Crippen LogP contribution >= 0.6 is 0 Å². The summed E-state index contributed by atoms with van der Waals surface area (Å²) in [7, 11) is -3.76. The number of carbonyl (C=O) groups excluding carboxylic acids is 1. The summed E-state index contributed by atoms with van der Waals surface area (Å²) in [5.41, 5.74) is 1.90. The maximum Gasteiger partial charge on any atom is 0.262 e. The molecule has 0 radical (unpaired) electrons. The van der Waals surface area contributed by atoms with E-state index in [1.54, 1.807) is 36.4 Å². The van der Waals surface area contributed by atoms with Crippen LogP contribution in [-0.2, 0) is 21.2 Å². The number of rotatable bonds is 5. The van der Waals surface area contributed by atoms with Gasteiger partial charge in [-0.2, -0.15) is 0 Å². The van der Waals surface area contributed by atoms with E-state index in [0.717, 1.165) is 5.56 Å². The number of amides is 1. The molecule has 0 saturated heterocycles. The molecule has 0 unspecified atom stereocenters. The van der Waals surface area contributed by atoms with Crippen LogP contribution in [0.1, 0.15) is 25.3 Å². The second kappa shape index (κ2) is 7.14. The van der Waals surface area contributed by atoms with E-state index in [9.17, 15) is 13.2 Å². The Balaban J connectivity index is 1.91. The molecular formula is C18H20N2O4S. The molecule has 0 atom stereocenters. The highest BCUT2D eigenvalue weighted by Crippen LogP contribution is 2.29. The van der Waals surface area contributed by atoms with Gasteiger partial charge in [0.15, 0.2) is 0 Å². The summed E-state index contributed by atoms with van der Waals surface area (Å²) in [4.78, 5) is 11.8. The molecule has 6 nitrogen and oxygen atoms in total. The lowest BCUT2D eigenvalue weighted by molar-refractivity contribution is -0.116. The predicted molar refractivity (Wildman–Crippen MR) is 96.4 cm³/mol. The molecule has 7 heteroatoms. The lowest BCUT2D eigenvalue weighted by atomic mass is 10.1. The number of fused-ring (bicyclic) bond motifs is 1. The zero-order valence-corrected chi connectivity index (χ0v) is 14.7. The molecule has 0 fully saturated rings. The number of ether oxygens (including phenoxy) is 1. The van der Waals surface area contributed by atoms with Gasteiger partial charge in [0.1, 0.15) is 5.75 Å². The maximum absolute atomic E-state index is 12.7. The minimum absolute atomic E-state index is 0.0434. The molecule has 25 heavy (non-hydrogen) atoms. The maximum atomic E-state index is 12.7. The van der Waals surface area contributed by atoms with E-state index in [0.29, 0.717) is 43.0 Å². The summed E-state index contributed by atoms with van der Waals surface area (Å²) >= 11 is 0. The van der Waals surface area contributed by atoms with Crippen LogP contribution in [0.25, 0.3) is 0 Å². The molecule has 0 aliphatic carbocycles. The number of benzene rings is 2. The molecular weight excluding hydrogens is 340 g/mol. The number of hydrogen-bond donors (Lipinski definition) is 2. The topological polar surface area (TPSA) is 84.5 Å². The first-order chi connectivity index (χ1) is 12.0. The molecule has 1 amide bonds. The van der Waals surface area contributed by atoms with E-state index in [1.807, 2.05) is 6.92 Å². The third-order valence-corrected chi connectivity index (χ3v) is 5.31. The van der Waals surface area contributed by atoms with E-state index in [2.05, 4.69) is 10.0 Å². The fourth-order valence-corrected chi connectivity index (χ4v) is 3.87. The number of carbonyl (C=O) groups is 1. The average molecular weight is 360 g/mol. The van der Waals surface area contributed by atoms with Crippen molar-refractivity contribution in [1.82, 2.24) is 0 Å². The van der Waals surface area contributed by atoms with Gasteiger partial charge in [0, 0.05) is 12.1 Å². The smallest absolute Gasteiger partial charge is 0.262 e. The molecule has 2 aromatic rings. The molecule has 1 aliphatic heterocycles. The molecule has 0 saturated carbocycles. The Hall–Kier alpha value is -2.54. The fraction of sp³-hybridized carbons (Fsp3) is 0.278. The second-order valence-corrected chi connectivity index (χ2v) is 7.44. The van der Waals surface area contributed by atoms with Crippen molar-refractivity contribution >= 4 is 27.3 Å². The Labute approximate surface area is 147 Å². The van der Waals surface area contributed by atoms with Crippen molar-refractivity contribution in [2.75, 3.05) is 16.6 Å². The largest absolute Gasteiger partial charge is 0.492 e. The predicted octanol–water partition coefficient (Wildman–Crippen LogP) is 3.16. The van der Waals surface area contributed by atoms with Gasteiger partial charge in [0.05, 0.1) is 17.2 Å². The van der Waals surface area contributed by atoms with Crippen molar-refractivity contribution in [2.45, 2.75) is 31.1 Å². The van der Waals surface area contributed by atoms with Gasteiger partial charge in [0.2, 0.25) is 5.91 Å². The van der Waals surface area contributed by atoms with Gasteiger partial charge >= 0.3 is 0 Å². The van der Waals surface area contributed by atoms with Gasteiger partial charge in [-0.3, -0.25) is 9.52 Å². The van der Waals surface area contributed by atoms with E-state index >= 15 is 0 Å². The van der Waals surface area contributed by atoms with Crippen molar-refractivity contribution in [1.29, 1.82) is 0 Å². The normalized spacial score (nSPS) is 14.2. The average Bonchev–Trinajstić information content (AvgIpc) is 2.76. The molecule has 2 N–H and O–H groups in total. The molecule has 3 rings (SSSR count). The molecule has 132 valence electrons. The van der Waals surface area contributed by atoms with Crippen LogP contribution in [0.2, 0.25) is 0 Å². The van der Waals surface area contributed by atoms with E-state index in [-0.39, 0.29) is 10.8 Å². The molecule has 2 aromatic carbocycles. The quantitative estimate of drug-likeness (QED) is 0.858. The van der Waals surface area contributed by atoms with Gasteiger partial charge in [-0.25, -0.2) is 8.42 Å². The summed E-state index contributed by atoms with van der Waals surface area (Å²) in [6.45, 7) is 2.28. The van der Waals surface area contributed by atoms with E-state index in [1.165, 1.54) is 6.07 Å². The lowest BCUT2D eigenvalue weighted by Crippen LogP contribution is -2.15. The highest BCUT2D eigenvalue weighted by molar-refractivity contribution is 7.92. The van der Waals surface area contributed by atoms with Crippen LogP contribution in [-0.4, -0.2) is 20.9 Å². The van der Waals surface area contributed by atoms with Gasteiger partial charge in [-0.1, -0.05) is 12.1 Å². The number of sulfonamides is 1. The Kier molecular flexibility index (Phi) is 4.94. The minimum atomic E-state index is -3.76. The van der Waals surface area contributed by atoms with Crippen LogP contribution in [0, 0.1) is 0 Å². The standard InChI is InChI=1S/C18H20N2O4S/c1-2-24-17-8-4-3-7-16(17)20-25(22,23)14-10-11-15-13(12-14)6-5-9-18(21)19-15/h3-4,7-8,10-12,20H,2,5-6,9H2,1H3,(H,19,21). The van der Waals surface area contributed by atoms with Gasteiger partial charge in [0.25, 0.3) is 10.0 Å². The minimum Gasteiger partial charge on any atom is -0.492 e. The Morgan fingerprint density at radius 3 is 2.76 bits per heavy atom. The van der Waals surface area contributed by atoms with Crippen LogP contribution in [0.4, 0.5) is 11.4 Å². The number of para-hydroxylation sites is 2. The van der Waals surface area contributed by atoms with Crippen molar-refractivity contribution in [3.05, 3.63) is 48.0 Å². The van der Waals surface area contributed by atoms with Crippen molar-refractivity contribution in [3.8, 4) is 5.75 Å².